The first-order valence-electron chi connectivity index (χ1n) is 9.52. The zero-order chi connectivity index (χ0) is 19.4. The van der Waals surface area contributed by atoms with Gasteiger partial charge in [0.1, 0.15) is 5.71 Å². The normalized spacial score (nSPS) is 14.4. The van der Waals surface area contributed by atoms with Crippen LogP contribution in [0, 0.1) is 0 Å². The summed E-state index contributed by atoms with van der Waals surface area (Å²) in [6.45, 7) is 6.18. The van der Waals surface area contributed by atoms with Crippen LogP contribution in [-0.4, -0.2) is 18.0 Å². The van der Waals surface area contributed by atoms with Crippen molar-refractivity contribution in [2.24, 2.45) is 5.16 Å². The number of carbonyl (C=O) groups is 2. The van der Waals surface area contributed by atoms with Gasteiger partial charge in [0.2, 0.25) is 5.78 Å². The molecule has 1 aliphatic carbocycles. The molecular formula is C23H25NO3. The molecule has 0 bridgehead atoms. The topological polar surface area (TPSA) is 55.7 Å². The maximum Gasteiger partial charge on any atom is 0.323 e. The predicted octanol–water partition coefficient (Wildman–Crippen LogP) is 5.28. The molecule has 140 valence electrons. The third-order valence-electron chi connectivity index (χ3n) is 5.44. The molecule has 0 amide bonds. The number of oxime groups is 1. The molecule has 0 unspecified atom stereocenters. The lowest BCUT2D eigenvalue weighted by Crippen LogP contribution is -2.25. The van der Waals surface area contributed by atoms with E-state index in [-0.39, 0.29) is 23.4 Å². The monoisotopic (exact) mass is 363 g/mol. The minimum atomic E-state index is -0.225. The van der Waals surface area contributed by atoms with Crippen LogP contribution in [0.25, 0.3) is 11.1 Å². The number of ketones is 1. The summed E-state index contributed by atoms with van der Waals surface area (Å²) in [7, 11) is 0. The molecular weight excluding hydrogens is 338 g/mol. The van der Waals surface area contributed by atoms with Crippen molar-refractivity contribution in [1.82, 2.24) is 0 Å². The lowest BCUT2D eigenvalue weighted by Gasteiger charge is -2.32. The summed E-state index contributed by atoms with van der Waals surface area (Å²) in [6.07, 6.45) is 4.23. The first-order valence-corrected chi connectivity index (χ1v) is 9.52. The largest absolute Gasteiger partial charge is 0.323 e. The molecule has 2 aromatic carbocycles. The van der Waals surface area contributed by atoms with Crippen molar-refractivity contribution in [3.63, 3.8) is 0 Å². The van der Waals surface area contributed by atoms with Gasteiger partial charge in [0.25, 0.3) is 0 Å². The Morgan fingerprint density at radius 1 is 1.04 bits per heavy atom. The van der Waals surface area contributed by atoms with Crippen molar-refractivity contribution in [2.75, 3.05) is 0 Å². The number of fused-ring (bicyclic) bond motifs is 3. The average molecular weight is 363 g/mol. The Morgan fingerprint density at radius 3 is 2.37 bits per heavy atom. The Hall–Kier alpha value is -2.75. The Morgan fingerprint density at radius 2 is 1.70 bits per heavy atom. The number of Topliss-reactive ketones (excluding diaryl/α,β-unsaturated/α-hetero) is 1. The van der Waals surface area contributed by atoms with E-state index < -0.39 is 0 Å². The van der Waals surface area contributed by atoms with E-state index in [1.54, 1.807) is 6.92 Å². The Kier molecular flexibility index (Phi) is 5.54. The molecule has 0 N–H and O–H groups in total. The van der Waals surface area contributed by atoms with Crippen LogP contribution in [0.2, 0.25) is 0 Å². The van der Waals surface area contributed by atoms with Crippen molar-refractivity contribution in [2.45, 2.75) is 51.9 Å². The Labute approximate surface area is 160 Å². The number of carbonyl (C=O) groups excluding carboxylic acids is 2. The number of benzene rings is 2. The molecule has 3 rings (SSSR count). The fourth-order valence-electron chi connectivity index (χ4n) is 4.46. The van der Waals surface area contributed by atoms with Crippen LogP contribution in [0.3, 0.4) is 0 Å². The highest BCUT2D eigenvalue weighted by atomic mass is 16.7. The van der Waals surface area contributed by atoms with E-state index >= 15 is 0 Å². The van der Waals surface area contributed by atoms with Crippen molar-refractivity contribution < 1.29 is 14.4 Å². The summed E-state index contributed by atoms with van der Waals surface area (Å²) in [5.41, 5.74) is 5.75. The van der Waals surface area contributed by atoms with Crippen molar-refractivity contribution in [3.8, 4) is 11.1 Å². The van der Waals surface area contributed by atoms with Crippen LogP contribution < -0.4 is 0 Å². The average Bonchev–Trinajstić information content (AvgIpc) is 2.96. The fourth-order valence-corrected chi connectivity index (χ4v) is 4.46. The molecule has 0 atom stereocenters. The summed E-state index contributed by atoms with van der Waals surface area (Å²) < 4.78 is 0. The highest BCUT2D eigenvalue weighted by molar-refractivity contribution is 6.45. The lowest BCUT2D eigenvalue weighted by molar-refractivity contribution is -0.128. The van der Waals surface area contributed by atoms with E-state index in [0.717, 1.165) is 25.7 Å². The van der Waals surface area contributed by atoms with Gasteiger partial charge in [0.05, 0.1) is 0 Å². The van der Waals surface area contributed by atoms with Crippen molar-refractivity contribution in [1.29, 1.82) is 0 Å². The third kappa shape index (κ3) is 3.20. The first-order chi connectivity index (χ1) is 13.1. The summed E-state index contributed by atoms with van der Waals surface area (Å²) >= 11 is 0. The lowest BCUT2D eigenvalue weighted by atomic mass is 9.71. The third-order valence-corrected chi connectivity index (χ3v) is 5.44. The molecule has 2 aromatic rings. The highest BCUT2D eigenvalue weighted by Crippen LogP contribution is 2.53. The second-order valence-corrected chi connectivity index (χ2v) is 7.10. The standard InChI is InChI=1S/C23H25NO3/c1-4-12-23(13-5-2)20-9-7-6-8-18(20)19-11-10-17(14-21(19)23)22(26)16(3)24-27-15-25/h6-11,14-15H,4-5,12-13H2,1-3H3/b24-16+. The molecule has 27 heavy (non-hydrogen) atoms. The van der Waals surface area contributed by atoms with Gasteiger partial charge in [0, 0.05) is 11.0 Å². The smallest absolute Gasteiger partial charge is 0.321 e. The van der Waals surface area contributed by atoms with E-state index in [1.165, 1.54) is 22.3 Å². The van der Waals surface area contributed by atoms with Gasteiger partial charge >= 0.3 is 6.47 Å². The maximum atomic E-state index is 12.7. The van der Waals surface area contributed by atoms with E-state index in [4.69, 9.17) is 0 Å². The molecule has 0 aliphatic heterocycles. The summed E-state index contributed by atoms with van der Waals surface area (Å²) in [4.78, 5) is 27.4. The highest BCUT2D eigenvalue weighted by Gasteiger charge is 2.41. The van der Waals surface area contributed by atoms with Crippen LogP contribution >= 0.6 is 0 Å². The zero-order valence-corrected chi connectivity index (χ0v) is 16.1. The Balaban J connectivity index is 2.15. The molecule has 0 fully saturated rings. The quantitative estimate of drug-likeness (QED) is 0.211. The van der Waals surface area contributed by atoms with Gasteiger partial charge in [-0.05, 0) is 48.1 Å². The van der Waals surface area contributed by atoms with Crippen LogP contribution in [-0.2, 0) is 15.0 Å². The van der Waals surface area contributed by atoms with E-state index in [2.05, 4.69) is 48.1 Å². The first kappa shape index (κ1) is 19.0. The summed E-state index contributed by atoms with van der Waals surface area (Å²) in [5, 5.41) is 3.56. The molecule has 0 saturated heterocycles. The number of nitrogens with zero attached hydrogens (tertiary/aromatic N) is 1. The van der Waals surface area contributed by atoms with Gasteiger partial charge in [-0.25, -0.2) is 0 Å². The molecule has 0 saturated carbocycles. The van der Waals surface area contributed by atoms with Gasteiger partial charge < -0.3 is 4.84 Å². The summed E-state index contributed by atoms with van der Waals surface area (Å²) in [5.74, 6) is -0.225. The predicted molar refractivity (Wildman–Crippen MR) is 107 cm³/mol. The maximum absolute atomic E-state index is 12.7. The van der Waals surface area contributed by atoms with Gasteiger partial charge in [0.15, 0.2) is 0 Å². The van der Waals surface area contributed by atoms with Crippen molar-refractivity contribution >= 4 is 18.0 Å². The Bertz CT molecular complexity index is 892. The SMILES string of the molecule is CCCC1(CCC)c2ccccc2-c2ccc(C(=O)/C(C)=N/OC=O)cc21. The minimum absolute atomic E-state index is 0.0595. The second-order valence-electron chi connectivity index (χ2n) is 7.10. The van der Waals surface area contributed by atoms with E-state index in [9.17, 15) is 9.59 Å². The molecule has 0 spiro atoms. The minimum Gasteiger partial charge on any atom is -0.321 e. The second kappa shape index (κ2) is 7.87. The number of hydrogen-bond acceptors (Lipinski definition) is 4. The van der Waals surface area contributed by atoms with Crippen molar-refractivity contribution in [3.05, 3.63) is 59.2 Å². The van der Waals surface area contributed by atoms with Gasteiger partial charge in [-0.3, -0.25) is 9.59 Å². The van der Waals surface area contributed by atoms with Crippen LogP contribution in [0.1, 0.15) is 67.9 Å². The fraction of sp³-hybridized carbons (Fsp3) is 0.348. The number of rotatable bonds is 8. The van der Waals surface area contributed by atoms with Crippen LogP contribution in [0.5, 0.6) is 0 Å². The molecule has 4 nitrogen and oxygen atoms in total. The van der Waals surface area contributed by atoms with Gasteiger partial charge in [-0.2, -0.15) is 0 Å². The molecule has 4 heteroatoms. The van der Waals surface area contributed by atoms with Crippen LogP contribution in [0.4, 0.5) is 0 Å². The van der Waals surface area contributed by atoms with E-state index in [1.807, 2.05) is 18.2 Å². The molecule has 0 aromatic heterocycles. The van der Waals surface area contributed by atoms with Gasteiger partial charge in [-0.1, -0.05) is 68.2 Å². The van der Waals surface area contributed by atoms with E-state index in [0.29, 0.717) is 5.56 Å². The molecule has 1 aliphatic rings. The number of hydrogen-bond donors (Lipinski definition) is 0. The van der Waals surface area contributed by atoms with Crippen LogP contribution in [0.15, 0.2) is 47.6 Å². The zero-order valence-electron chi connectivity index (χ0n) is 16.1. The summed E-state index contributed by atoms with van der Waals surface area (Å²) in [6, 6.07) is 14.5. The molecule has 0 radical (unpaired) electrons. The van der Waals surface area contributed by atoms with Gasteiger partial charge in [-0.15, -0.1) is 0 Å². The molecule has 0 heterocycles.